The molecule has 2 fully saturated rings. The van der Waals surface area contributed by atoms with Crippen LogP contribution in [0.1, 0.15) is 55.8 Å². The molecule has 2 atom stereocenters. The largest absolute Gasteiger partial charge is 0.354 e. The molecule has 2 amide bonds. The third-order valence-electron chi connectivity index (χ3n) is 5.25. The predicted octanol–water partition coefficient (Wildman–Crippen LogP) is 3.82. The topological polar surface area (TPSA) is 49.4 Å². The van der Waals surface area contributed by atoms with Gasteiger partial charge in [-0.05, 0) is 43.4 Å². The maximum atomic E-state index is 13.6. The lowest BCUT2D eigenvalue weighted by Crippen LogP contribution is -2.51. The number of carbonyl (C=O) groups excluding carboxylic acids is 2. The van der Waals surface area contributed by atoms with E-state index in [1.165, 1.54) is 31.4 Å². The van der Waals surface area contributed by atoms with Crippen LogP contribution in [0.2, 0.25) is 0 Å². The first kappa shape index (κ1) is 19.2. The number of thioether (sulfide) groups is 1. The fraction of sp³-hybridized carbons (Fsp3) is 0.600. The quantitative estimate of drug-likeness (QED) is 0.847. The summed E-state index contributed by atoms with van der Waals surface area (Å²) in [4.78, 5) is 27.6. The van der Waals surface area contributed by atoms with Crippen molar-refractivity contribution in [2.24, 2.45) is 5.92 Å². The van der Waals surface area contributed by atoms with Crippen LogP contribution in [0.5, 0.6) is 0 Å². The number of amides is 2. The second-order valence-electron chi connectivity index (χ2n) is 7.15. The van der Waals surface area contributed by atoms with Gasteiger partial charge in [0.1, 0.15) is 11.9 Å². The number of nitrogens with zero attached hydrogens (tertiary/aromatic N) is 1. The number of nitrogens with one attached hydrogen (secondary N) is 1. The molecule has 3 rings (SSSR count). The molecule has 1 N–H and O–H groups in total. The van der Waals surface area contributed by atoms with Crippen LogP contribution in [0.3, 0.4) is 0 Å². The lowest BCUT2D eigenvalue weighted by atomic mass is 9.88. The summed E-state index contributed by atoms with van der Waals surface area (Å²) < 4.78 is 13.6. The van der Waals surface area contributed by atoms with Gasteiger partial charge in [0.25, 0.3) is 5.91 Å². The molecule has 1 aliphatic heterocycles. The molecule has 6 heteroatoms. The first-order valence-electron chi connectivity index (χ1n) is 9.59. The van der Waals surface area contributed by atoms with Gasteiger partial charge in [0.15, 0.2) is 0 Å². The Balaban J connectivity index is 1.85. The molecule has 1 saturated carbocycles. The maximum Gasteiger partial charge on any atom is 0.255 e. The Morgan fingerprint density at radius 1 is 1.27 bits per heavy atom. The molecule has 142 valence electrons. The molecule has 0 bridgehead atoms. The van der Waals surface area contributed by atoms with E-state index >= 15 is 0 Å². The zero-order valence-electron chi connectivity index (χ0n) is 15.2. The number of rotatable bonds is 5. The molecule has 1 aliphatic carbocycles. The van der Waals surface area contributed by atoms with E-state index in [1.54, 1.807) is 28.8 Å². The van der Waals surface area contributed by atoms with Gasteiger partial charge < -0.3 is 10.2 Å². The fourth-order valence-electron chi connectivity index (χ4n) is 3.91. The summed E-state index contributed by atoms with van der Waals surface area (Å²) in [5.74, 6) is 0.265. The van der Waals surface area contributed by atoms with Crippen molar-refractivity contribution in [3.8, 4) is 0 Å². The van der Waals surface area contributed by atoms with Gasteiger partial charge >= 0.3 is 0 Å². The SMILES string of the molecule is CCCNC(=O)C1CSC(C2CCCCC2)N1C(=O)c1cccc(F)c1. The Hall–Kier alpha value is -1.56. The van der Waals surface area contributed by atoms with Crippen molar-refractivity contribution < 1.29 is 14.0 Å². The van der Waals surface area contributed by atoms with Gasteiger partial charge in [-0.15, -0.1) is 11.8 Å². The number of halogens is 1. The average Bonchev–Trinajstić information content (AvgIpc) is 3.11. The van der Waals surface area contributed by atoms with Gasteiger partial charge in [-0.25, -0.2) is 4.39 Å². The van der Waals surface area contributed by atoms with Gasteiger partial charge in [0.2, 0.25) is 5.91 Å². The van der Waals surface area contributed by atoms with Crippen molar-refractivity contribution in [2.75, 3.05) is 12.3 Å². The zero-order chi connectivity index (χ0) is 18.5. The van der Waals surface area contributed by atoms with Crippen LogP contribution in [0, 0.1) is 11.7 Å². The summed E-state index contributed by atoms with van der Waals surface area (Å²) in [5.41, 5.74) is 0.321. The van der Waals surface area contributed by atoms with Gasteiger partial charge in [0.05, 0.1) is 5.37 Å². The van der Waals surface area contributed by atoms with Crippen LogP contribution in [-0.2, 0) is 4.79 Å². The molecule has 4 nitrogen and oxygen atoms in total. The molecule has 0 aromatic heterocycles. The molecule has 1 heterocycles. The van der Waals surface area contributed by atoms with E-state index in [2.05, 4.69) is 5.32 Å². The molecular weight excluding hydrogens is 351 g/mol. The van der Waals surface area contributed by atoms with Crippen molar-refractivity contribution >= 4 is 23.6 Å². The minimum atomic E-state index is -0.478. The molecule has 0 radical (unpaired) electrons. The van der Waals surface area contributed by atoms with Crippen LogP contribution >= 0.6 is 11.8 Å². The van der Waals surface area contributed by atoms with E-state index in [1.807, 2.05) is 6.92 Å². The Labute approximate surface area is 158 Å². The van der Waals surface area contributed by atoms with E-state index in [9.17, 15) is 14.0 Å². The number of hydrogen-bond donors (Lipinski definition) is 1. The molecule has 2 unspecified atom stereocenters. The first-order valence-corrected chi connectivity index (χ1v) is 10.6. The number of carbonyl (C=O) groups is 2. The summed E-state index contributed by atoms with van der Waals surface area (Å²) in [6.45, 7) is 2.61. The van der Waals surface area contributed by atoms with Gasteiger partial charge in [0, 0.05) is 17.9 Å². The number of benzene rings is 1. The minimum Gasteiger partial charge on any atom is -0.354 e. The summed E-state index contributed by atoms with van der Waals surface area (Å²) >= 11 is 1.70. The van der Waals surface area contributed by atoms with E-state index in [4.69, 9.17) is 0 Å². The summed E-state index contributed by atoms with van der Waals surface area (Å²) in [5, 5.41) is 2.93. The molecule has 1 aromatic carbocycles. The minimum absolute atomic E-state index is 0.00319. The lowest BCUT2D eigenvalue weighted by molar-refractivity contribution is -0.125. The third-order valence-corrected chi connectivity index (χ3v) is 6.71. The Bertz CT molecular complexity index is 648. The standard InChI is InChI=1S/C20H27FN2O2S/c1-2-11-22-18(24)17-13-26-20(14-7-4-3-5-8-14)23(17)19(25)15-9-6-10-16(21)12-15/h6,9-10,12,14,17,20H,2-5,7-8,11,13H2,1H3,(H,22,24). The Kier molecular flexibility index (Phi) is 6.57. The Morgan fingerprint density at radius 2 is 2.04 bits per heavy atom. The lowest BCUT2D eigenvalue weighted by Gasteiger charge is -2.35. The van der Waals surface area contributed by atoms with Crippen molar-refractivity contribution in [1.82, 2.24) is 10.2 Å². The average molecular weight is 379 g/mol. The van der Waals surface area contributed by atoms with Gasteiger partial charge in [-0.1, -0.05) is 32.3 Å². The third kappa shape index (κ3) is 4.22. The monoisotopic (exact) mass is 378 g/mol. The highest BCUT2D eigenvalue weighted by atomic mass is 32.2. The van der Waals surface area contributed by atoms with Gasteiger partial charge in [-0.2, -0.15) is 0 Å². The predicted molar refractivity (Wildman–Crippen MR) is 102 cm³/mol. The fourth-order valence-corrected chi connectivity index (χ4v) is 5.54. The molecule has 1 aromatic rings. The van der Waals surface area contributed by atoms with E-state index < -0.39 is 11.9 Å². The summed E-state index contributed by atoms with van der Waals surface area (Å²) in [6, 6.07) is 5.30. The van der Waals surface area contributed by atoms with E-state index in [-0.39, 0.29) is 17.2 Å². The Morgan fingerprint density at radius 3 is 2.73 bits per heavy atom. The molecule has 0 spiro atoms. The van der Waals surface area contributed by atoms with Crippen LogP contribution < -0.4 is 5.32 Å². The van der Waals surface area contributed by atoms with E-state index in [0.29, 0.717) is 23.8 Å². The molecule has 26 heavy (non-hydrogen) atoms. The highest BCUT2D eigenvalue weighted by Crippen LogP contribution is 2.41. The van der Waals surface area contributed by atoms with Crippen LogP contribution in [-0.4, -0.2) is 40.4 Å². The van der Waals surface area contributed by atoms with Crippen LogP contribution in [0.4, 0.5) is 4.39 Å². The second kappa shape index (κ2) is 8.89. The van der Waals surface area contributed by atoms with E-state index in [0.717, 1.165) is 19.3 Å². The second-order valence-corrected chi connectivity index (χ2v) is 8.30. The smallest absolute Gasteiger partial charge is 0.255 e. The van der Waals surface area contributed by atoms with Crippen LogP contribution in [0.15, 0.2) is 24.3 Å². The highest BCUT2D eigenvalue weighted by molar-refractivity contribution is 8.00. The van der Waals surface area contributed by atoms with Crippen molar-refractivity contribution in [3.63, 3.8) is 0 Å². The summed E-state index contributed by atoms with van der Waals surface area (Å²) in [7, 11) is 0. The molecular formula is C20H27FN2O2S. The maximum absolute atomic E-state index is 13.6. The highest BCUT2D eigenvalue weighted by Gasteiger charge is 2.45. The van der Waals surface area contributed by atoms with Crippen LogP contribution in [0.25, 0.3) is 0 Å². The summed E-state index contributed by atoms with van der Waals surface area (Å²) in [6.07, 6.45) is 6.64. The zero-order valence-corrected chi connectivity index (χ0v) is 16.1. The molecule has 2 aliphatic rings. The normalized spacial score (nSPS) is 23.8. The van der Waals surface area contributed by atoms with Gasteiger partial charge in [-0.3, -0.25) is 9.59 Å². The van der Waals surface area contributed by atoms with Crippen molar-refractivity contribution in [3.05, 3.63) is 35.6 Å². The van der Waals surface area contributed by atoms with Crippen molar-refractivity contribution in [2.45, 2.75) is 56.9 Å². The number of hydrogen-bond acceptors (Lipinski definition) is 3. The first-order chi connectivity index (χ1) is 12.6. The van der Waals surface area contributed by atoms with Crippen molar-refractivity contribution in [1.29, 1.82) is 0 Å². The molecule has 1 saturated heterocycles.